The Hall–Kier alpha value is -3.49. The number of aliphatic hydroxyl groups is 2. The molecule has 1 saturated heterocycles. The van der Waals surface area contributed by atoms with E-state index in [1.807, 2.05) is 159 Å². The second-order valence-corrected chi connectivity index (χ2v) is 10.7. The number of ether oxygens (including phenoxy) is 2. The molecule has 7 heteroatoms. The summed E-state index contributed by atoms with van der Waals surface area (Å²) in [6, 6.07) is 47.5. The zero-order valence-electron chi connectivity index (χ0n) is 23.6. The van der Waals surface area contributed by atoms with Crippen molar-refractivity contribution >= 4 is 0 Å². The molecule has 1 aliphatic heterocycles. The van der Waals surface area contributed by atoms with E-state index in [9.17, 15) is 16.4 Å². The summed E-state index contributed by atoms with van der Waals surface area (Å²) >= 11 is -2.50. The fourth-order valence-electron chi connectivity index (χ4n) is 5.88. The summed E-state index contributed by atoms with van der Waals surface area (Å²) in [6.07, 6.45) is -2.04. The van der Waals surface area contributed by atoms with Crippen LogP contribution in [0, 0.1) is 0 Å². The Morgan fingerprint density at radius 3 is 1.00 bits per heavy atom. The zero-order chi connectivity index (χ0) is 30.3. The van der Waals surface area contributed by atoms with Gasteiger partial charge in [-0.25, -0.2) is 0 Å². The molecular formula is C36H32F2O4Ti. The van der Waals surface area contributed by atoms with Crippen LogP contribution in [-0.4, -0.2) is 22.4 Å². The SMILES string of the molecule is CC1(c2ccccc2)O[C@@H](C(O)(c2ccccc2)c2ccccc2)[C@H](C(O)(c2ccccc2)c2ccccc2)O1.[F][Ti][F]. The monoisotopic (exact) mass is 614 g/mol. The van der Waals surface area contributed by atoms with E-state index in [1.54, 1.807) is 0 Å². The van der Waals surface area contributed by atoms with E-state index in [0.29, 0.717) is 22.3 Å². The van der Waals surface area contributed by atoms with Gasteiger partial charge in [0.05, 0.1) is 0 Å². The van der Waals surface area contributed by atoms with E-state index in [2.05, 4.69) is 0 Å². The van der Waals surface area contributed by atoms with Crippen LogP contribution in [0.5, 0.6) is 0 Å². The minimum absolute atomic E-state index is 0.639. The number of halogens is 2. The van der Waals surface area contributed by atoms with Crippen molar-refractivity contribution in [2.24, 2.45) is 0 Å². The summed E-state index contributed by atoms with van der Waals surface area (Å²) in [5, 5.41) is 25.9. The number of hydrogen-bond acceptors (Lipinski definition) is 4. The van der Waals surface area contributed by atoms with Crippen LogP contribution in [0.25, 0.3) is 0 Å². The van der Waals surface area contributed by atoms with Gasteiger partial charge in [-0.05, 0) is 29.2 Å². The van der Waals surface area contributed by atoms with Gasteiger partial charge in [0.2, 0.25) is 0 Å². The number of rotatable bonds is 7. The molecule has 5 aromatic rings. The molecule has 2 N–H and O–H groups in total. The molecule has 4 nitrogen and oxygen atoms in total. The van der Waals surface area contributed by atoms with E-state index in [0.717, 1.165) is 5.56 Å². The molecule has 0 saturated carbocycles. The van der Waals surface area contributed by atoms with Crippen LogP contribution in [0.15, 0.2) is 152 Å². The van der Waals surface area contributed by atoms with Crippen LogP contribution < -0.4 is 0 Å². The second kappa shape index (κ2) is 13.4. The second-order valence-electron chi connectivity index (χ2n) is 10.5. The summed E-state index contributed by atoms with van der Waals surface area (Å²) < 4.78 is 33.3. The van der Waals surface area contributed by atoms with Gasteiger partial charge in [-0.15, -0.1) is 0 Å². The topological polar surface area (TPSA) is 58.9 Å². The third-order valence-corrected chi connectivity index (χ3v) is 7.96. The van der Waals surface area contributed by atoms with Crippen LogP contribution in [-0.2, 0) is 46.7 Å². The average molecular weight is 615 g/mol. The van der Waals surface area contributed by atoms with Gasteiger partial charge in [0.25, 0.3) is 0 Å². The van der Waals surface area contributed by atoms with Crippen molar-refractivity contribution < 1.29 is 46.1 Å². The molecule has 1 heterocycles. The molecule has 218 valence electrons. The minimum atomic E-state index is -2.50. The normalized spacial score (nSPS) is 17.9. The zero-order valence-corrected chi connectivity index (χ0v) is 25.1. The van der Waals surface area contributed by atoms with E-state index in [-0.39, 0.29) is 0 Å². The first-order valence-corrected chi connectivity index (χ1v) is 15.1. The van der Waals surface area contributed by atoms with Crippen LogP contribution in [0.3, 0.4) is 0 Å². The molecule has 2 atom stereocenters. The summed E-state index contributed by atoms with van der Waals surface area (Å²) in [5.74, 6) is -1.26. The quantitative estimate of drug-likeness (QED) is 0.188. The van der Waals surface area contributed by atoms with E-state index in [4.69, 9.17) is 9.47 Å². The summed E-state index contributed by atoms with van der Waals surface area (Å²) in [7, 11) is 0. The molecule has 0 aliphatic carbocycles. The van der Waals surface area contributed by atoms with Crippen LogP contribution in [0.4, 0.5) is 6.18 Å². The number of benzene rings is 5. The van der Waals surface area contributed by atoms with Gasteiger partial charge in [0.15, 0.2) is 5.79 Å². The Morgan fingerprint density at radius 2 is 0.744 bits per heavy atom. The molecule has 0 bridgehead atoms. The van der Waals surface area contributed by atoms with Crippen LogP contribution >= 0.6 is 0 Å². The summed E-state index contributed by atoms with van der Waals surface area (Å²) in [5.41, 5.74) is 0.00549. The van der Waals surface area contributed by atoms with Crippen molar-refractivity contribution in [2.75, 3.05) is 0 Å². The first-order valence-electron chi connectivity index (χ1n) is 13.9. The fraction of sp³-hybridized carbons (Fsp3) is 0.167. The molecule has 0 amide bonds. The van der Waals surface area contributed by atoms with Crippen molar-refractivity contribution in [3.63, 3.8) is 0 Å². The predicted molar refractivity (Wildman–Crippen MR) is 158 cm³/mol. The molecule has 0 radical (unpaired) electrons. The molecule has 0 spiro atoms. The number of hydrogen-bond donors (Lipinski definition) is 2. The molecule has 43 heavy (non-hydrogen) atoms. The molecule has 1 aliphatic rings. The van der Waals surface area contributed by atoms with Crippen molar-refractivity contribution in [2.45, 2.75) is 36.1 Å². The van der Waals surface area contributed by atoms with Gasteiger partial charge < -0.3 is 19.7 Å². The van der Waals surface area contributed by atoms with Crippen molar-refractivity contribution in [3.8, 4) is 0 Å². The average Bonchev–Trinajstić information content (AvgIpc) is 3.46. The molecular weight excluding hydrogens is 582 g/mol. The Balaban J connectivity index is 0.00000118. The maximum atomic E-state index is 12.9. The third kappa shape index (κ3) is 6.00. The molecule has 1 fully saturated rings. The molecule has 0 aromatic heterocycles. The maximum absolute atomic E-state index is 12.9. The van der Waals surface area contributed by atoms with Gasteiger partial charge in [0, 0.05) is 5.56 Å². The first-order chi connectivity index (χ1) is 20.9. The van der Waals surface area contributed by atoms with Gasteiger partial charge >= 0.3 is 26.4 Å². The van der Waals surface area contributed by atoms with E-state index in [1.165, 1.54) is 0 Å². The Bertz CT molecular complexity index is 1380. The van der Waals surface area contributed by atoms with Crippen LogP contribution in [0.2, 0.25) is 0 Å². The van der Waals surface area contributed by atoms with E-state index < -0.39 is 49.4 Å². The predicted octanol–water partition coefficient (Wildman–Crippen LogP) is 7.35. The first kappa shape index (κ1) is 31.0. The Morgan fingerprint density at radius 1 is 0.512 bits per heavy atom. The van der Waals surface area contributed by atoms with Gasteiger partial charge in [0.1, 0.15) is 23.4 Å². The standard InChI is InChI=1S/C36H32O4.2FH.Ti/c1-34(27-17-7-2-8-18-27)39-32(35(37,28-19-9-3-10-20-28)29-21-11-4-12-22-29)33(40-34)36(38,30-23-13-5-14-24-30)31-25-15-6-16-26-31;;;/h2-26,32-33,37-38H,1H3;2*1H;/q;;;+2/p-2/t32-,33-;;;/m1.../s1. The van der Waals surface area contributed by atoms with Crippen molar-refractivity contribution in [1.29, 1.82) is 0 Å². The molecule has 5 aromatic carbocycles. The van der Waals surface area contributed by atoms with Gasteiger partial charge in [-0.1, -0.05) is 152 Å². The van der Waals surface area contributed by atoms with Gasteiger partial charge in [-0.3, -0.25) is 0 Å². The fourth-order valence-corrected chi connectivity index (χ4v) is 5.88. The summed E-state index contributed by atoms with van der Waals surface area (Å²) in [4.78, 5) is 0. The Kier molecular flexibility index (Phi) is 9.67. The molecule has 6 rings (SSSR count). The molecule has 0 unspecified atom stereocenters. The Labute approximate surface area is 260 Å². The summed E-state index contributed by atoms with van der Waals surface area (Å²) in [6.45, 7) is 1.85. The van der Waals surface area contributed by atoms with Gasteiger partial charge in [-0.2, -0.15) is 0 Å². The third-order valence-electron chi connectivity index (χ3n) is 7.96. The van der Waals surface area contributed by atoms with Crippen molar-refractivity contribution in [1.82, 2.24) is 0 Å². The van der Waals surface area contributed by atoms with Crippen molar-refractivity contribution in [3.05, 3.63) is 179 Å². The van der Waals surface area contributed by atoms with Crippen LogP contribution in [0.1, 0.15) is 34.7 Å². The van der Waals surface area contributed by atoms with E-state index >= 15 is 0 Å².